The van der Waals surface area contributed by atoms with Gasteiger partial charge in [0.25, 0.3) is 11.8 Å². The molecule has 0 aliphatic carbocycles. The maximum absolute atomic E-state index is 13.7. The normalized spacial score (nSPS) is 13.7. The van der Waals surface area contributed by atoms with Gasteiger partial charge in [-0.25, -0.2) is 4.39 Å². The number of carbonyl (C=O) groups is 2. The highest BCUT2D eigenvalue weighted by atomic mass is 35.5. The topological polar surface area (TPSA) is 46.6 Å². The number of fused-ring (bicyclic) bond motifs is 1. The van der Waals surface area contributed by atoms with E-state index in [4.69, 9.17) is 16.4 Å². The molecule has 3 rings (SSSR count). The molecule has 0 aromatic heterocycles. The van der Waals surface area contributed by atoms with E-state index in [1.807, 2.05) is 0 Å². The van der Waals surface area contributed by atoms with Crippen LogP contribution in [-0.4, -0.2) is 16.9 Å². The van der Waals surface area contributed by atoms with Crippen LogP contribution in [0.3, 0.4) is 0 Å². The SMILES string of the molecule is O=C1c2ccccc2C(=O)N1OCc1cccc(Cl)c1F. The summed E-state index contributed by atoms with van der Waals surface area (Å²) in [5.74, 6) is -1.74. The second kappa shape index (κ2) is 5.27. The van der Waals surface area contributed by atoms with E-state index in [9.17, 15) is 14.0 Å². The number of hydroxylamine groups is 2. The van der Waals surface area contributed by atoms with Crippen molar-refractivity contribution >= 4 is 23.4 Å². The summed E-state index contributed by atoms with van der Waals surface area (Å²) in [6, 6.07) is 10.8. The first-order chi connectivity index (χ1) is 10.1. The molecule has 106 valence electrons. The Balaban J connectivity index is 1.80. The van der Waals surface area contributed by atoms with Crippen molar-refractivity contribution < 1.29 is 18.8 Å². The third-order valence-electron chi connectivity index (χ3n) is 3.14. The van der Waals surface area contributed by atoms with Crippen LogP contribution in [0.15, 0.2) is 42.5 Å². The van der Waals surface area contributed by atoms with Crippen LogP contribution < -0.4 is 0 Å². The number of carbonyl (C=O) groups excluding carboxylic acids is 2. The molecule has 4 nitrogen and oxygen atoms in total. The van der Waals surface area contributed by atoms with Gasteiger partial charge in [-0.3, -0.25) is 14.4 Å². The first kappa shape index (κ1) is 13.7. The number of hydrogen-bond donors (Lipinski definition) is 0. The number of nitrogens with zero attached hydrogens (tertiary/aromatic N) is 1. The summed E-state index contributed by atoms with van der Waals surface area (Å²) in [5, 5.41) is 0.601. The average molecular weight is 306 g/mol. The second-order valence-electron chi connectivity index (χ2n) is 4.44. The highest BCUT2D eigenvalue weighted by Crippen LogP contribution is 2.24. The van der Waals surface area contributed by atoms with Gasteiger partial charge in [0.2, 0.25) is 0 Å². The molecule has 2 amide bonds. The zero-order valence-corrected chi connectivity index (χ0v) is 11.4. The van der Waals surface area contributed by atoms with Crippen LogP contribution in [-0.2, 0) is 11.4 Å². The largest absolute Gasteiger partial charge is 0.285 e. The molecule has 1 heterocycles. The molecule has 0 fully saturated rings. The molecule has 0 saturated carbocycles. The third kappa shape index (κ3) is 2.30. The van der Waals surface area contributed by atoms with Crippen molar-refractivity contribution in [2.45, 2.75) is 6.61 Å². The van der Waals surface area contributed by atoms with Crippen molar-refractivity contribution in [3.63, 3.8) is 0 Å². The third-order valence-corrected chi connectivity index (χ3v) is 3.43. The molecule has 0 N–H and O–H groups in total. The number of amides is 2. The predicted molar refractivity (Wildman–Crippen MR) is 73.1 cm³/mol. The molecule has 0 radical (unpaired) electrons. The lowest BCUT2D eigenvalue weighted by Crippen LogP contribution is -2.29. The summed E-state index contributed by atoms with van der Waals surface area (Å²) < 4.78 is 13.7. The molecule has 0 spiro atoms. The molecule has 21 heavy (non-hydrogen) atoms. The lowest BCUT2D eigenvalue weighted by atomic mass is 10.1. The van der Waals surface area contributed by atoms with E-state index in [0.717, 1.165) is 0 Å². The van der Waals surface area contributed by atoms with E-state index in [-0.39, 0.29) is 28.3 Å². The Bertz CT molecular complexity index is 712. The fourth-order valence-electron chi connectivity index (χ4n) is 2.08. The van der Waals surface area contributed by atoms with Gasteiger partial charge in [-0.15, -0.1) is 5.06 Å². The molecule has 0 atom stereocenters. The molecule has 1 aliphatic rings. The fraction of sp³-hybridized carbons (Fsp3) is 0.0667. The Hall–Kier alpha value is -2.24. The van der Waals surface area contributed by atoms with E-state index in [1.54, 1.807) is 30.3 Å². The Morgan fingerprint density at radius 3 is 2.24 bits per heavy atom. The molecule has 2 aromatic rings. The van der Waals surface area contributed by atoms with Crippen molar-refractivity contribution in [2.24, 2.45) is 0 Å². The molecule has 0 saturated heterocycles. The smallest absolute Gasteiger partial charge is 0.266 e. The van der Waals surface area contributed by atoms with Crippen LogP contribution in [0.4, 0.5) is 4.39 Å². The van der Waals surface area contributed by atoms with Gasteiger partial charge in [-0.1, -0.05) is 35.9 Å². The summed E-state index contributed by atoms with van der Waals surface area (Å²) in [7, 11) is 0. The fourth-order valence-corrected chi connectivity index (χ4v) is 2.27. The van der Waals surface area contributed by atoms with Crippen LogP contribution in [0, 0.1) is 5.82 Å². The van der Waals surface area contributed by atoms with Gasteiger partial charge in [0.1, 0.15) is 12.4 Å². The predicted octanol–water partition coefficient (Wildman–Crippen LogP) is 3.21. The molecule has 6 heteroatoms. The molecule has 2 aromatic carbocycles. The quantitative estimate of drug-likeness (QED) is 0.818. The molecular weight excluding hydrogens is 297 g/mol. The van der Waals surface area contributed by atoms with Crippen molar-refractivity contribution in [3.8, 4) is 0 Å². The monoisotopic (exact) mass is 305 g/mol. The van der Waals surface area contributed by atoms with Crippen molar-refractivity contribution in [2.75, 3.05) is 0 Å². The first-order valence-electron chi connectivity index (χ1n) is 6.13. The van der Waals surface area contributed by atoms with Crippen LogP contribution in [0.2, 0.25) is 5.02 Å². The van der Waals surface area contributed by atoms with Crippen LogP contribution >= 0.6 is 11.6 Å². The summed E-state index contributed by atoms with van der Waals surface area (Å²) in [6.07, 6.45) is 0. The Kier molecular flexibility index (Phi) is 3.45. The Labute approximate surface area is 124 Å². The Morgan fingerprint density at radius 1 is 1.00 bits per heavy atom. The molecule has 0 unspecified atom stereocenters. The van der Waals surface area contributed by atoms with Crippen LogP contribution in [0.1, 0.15) is 26.3 Å². The zero-order chi connectivity index (χ0) is 15.0. The van der Waals surface area contributed by atoms with E-state index in [2.05, 4.69) is 0 Å². The highest BCUT2D eigenvalue weighted by molar-refractivity contribution is 6.30. The van der Waals surface area contributed by atoms with Gasteiger partial charge in [0.15, 0.2) is 0 Å². The van der Waals surface area contributed by atoms with Gasteiger partial charge in [0, 0.05) is 5.56 Å². The van der Waals surface area contributed by atoms with E-state index in [1.165, 1.54) is 12.1 Å². The molecule has 0 bridgehead atoms. The molecule has 1 aliphatic heterocycles. The highest BCUT2D eigenvalue weighted by Gasteiger charge is 2.36. The summed E-state index contributed by atoms with van der Waals surface area (Å²) in [5.41, 5.74) is 0.710. The summed E-state index contributed by atoms with van der Waals surface area (Å²) >= 11 is 5.66. The summed E-state index contributed by atoms with van der Waals surface area (Å²) in [6.45, 7) is -0.266. The number of benzene rings is 2. The zero-order valence-electron chi connectivity index (χ0n) is 10.7. The average Bonchev–Trinajstić information content (AvgIpc) is 2.73. The lowest BCUT2D eigenvalue weighted by molar-refractivity contribution is -0.101. The van der Waals surface area contributed by atoms with Crippen molar-refractivity contribution in [1.82, 2.24) is 5.06 Å². The van der Waals surface area contributed by atoms with Crippen molar-refractivity contribution in [1.29, 1.82) is 0 Å². The maximum atomic E-state index is 13.7. The second-order valence-corrected chi connectivity index (χ2v) is 4.84. The molecular formula is C15H9ClFNO3. The number of halogens is 2. The van der Waals surface area contributed by atoms with Gasteiger partial charge in [-0.05, 0) is 18.2 Å². The minimum Gasteiger partial charge on any atom is -0.266 e. The van der Waals surface area contributed by atoms with Crippen molar-refractivity contribution in [3.05, 3.63) is 70.0 Å². The van der Waals surface area contributed by atoms with Gasteiger partial charge in [0.05, 0.1) is 16.1 Å². The number of hydrogen-bond acceptors (Lipinski definition) is 3. The standard InChI is InChI=1S/C15H9ClFNO3/c16-12-7-3-4-9(13(12)17)8-21-18-14(19)10-5-1-2-6-11(10)15(18)20/h1-7H,8H2. The minimum absolute atomic E-state index is 0.0431. The number of rotatable bonds is 3. The van der Waals surface area contributed by atoms with E-state index < -0.39 is 17.6 Å². The lowest BCUT2D eigenvalue weighted by Gasteiger charge is -2.13. The Morgan fingerprint density at radius 2 is 1.62 bits per heavy atom. The van der Waals surface area contributed by atoms with Gasteiger partial charge in [-0.2, -0.15) is 0 Å². The number of imide groups is 1. The van der Waals surface area contributed by atoms with Gasteiger partial charge >= 0.3 is 0 Å². The maximum Gasteiger partial charge on any atom is 0.285 e. The van der Waals surface area contributed by atoms with Crippen LogP contribution in [0.25, 0.3) is 0 Å². The van der Waals surface area contributed by atoms with Gasteiger partial charge < -0.3 is 0 Å². The van der Waals surface area contributed by atoms with Crippen LogP contribution in [0.5, 0.6) is 0 Å². The minimum atomic E-state index is -0.629. The van der Waals surface area contributed by atoms with E-state index >= 15 is 0 Å². The first-order valence-corrected chi connectivity index (χ1v) is 6.51. The summed E-state index contributed by atoms with van der Waals surface area (Å²) in [4.78, 5) is 29.2. The van der Waals surface area contributed by atoms with E-state index in [0.29, 0.717) is 5.06 Å².